The Bertz CT molecular complexity index is 2630. The topological polar surface area (TPSA) is 170 Å². The number of carbonyl (C=O) groups is 2. The lowest BCUT2D eigenvalue weighted by Gasteiger charge is -2.39. The third kappa shape index (κ3) is 6.69. The summed E-state index contributed by atoms with van der Waals surface area (Å²) < 4.78 is 9.86. The molecule has 0 bridgehead atoms. The van der Waals surface area contributed by atoms with Crippen LogP contribution in [0, 0.1) is 22.7 Å². The van der Waals surface area contributed by atoms with Crippen molar-refractivity contribution in [2.45, 2.75) is 94.3 Å². The Morgan fingerprint density at radius 1 is 0.852 bits per heavy atom. The smallest absolute Gasteiger partial charge is 0.329 e. The first-order valence-corrected chi connectivity index (χ1v) is 22.4. The number of hydrogen-bond acceptors (Lipinski definition) is 11. The van der Waals surface area contributed by atoms with E-state index in [4.69, 9.17) is 4.74 Å². The van der Waals surface area contributed by atoms with Crippen LogP contribution in [0.3, 0.4) is 0 Å². The minimum absolute atomic E-state index is 0.211. The van der Waals surface area contributed by atoms with Gasteiger partial charge in [-0.2, -0.15) is 10.4 Å². The second kappa shape index (κ2) is 14.8. The molecule has 3 saturated carbocycles. The fourth-order valence-electron chi connectivity index (χ4n) is 11.2. The van der Waals surface area contributed by atoms with Crippen molar-refractivity contribution < 1.29 is 14.3 Å². The lowest BCUT2D eigenvalue weighted by molar-refractivity contribution is -0.135. The van der Waals surface area contributed by atoms with Crippen LogP contribution in [-0.2, 0) is 26.8 Å². The lowest BCUT2D eigenvalue weighted by atomic mass is 9.86. The number of benzene rings is 2. The number of nitriles is 1. The van der Waals surface area contributed by atoms with E-state index in [0.717, 1.165) is 136 Å². The number of nitrogens with zero attached hydrogens (tertiary/aromatic N) is 9. The number of amides is 2. The zero-order valence-corrected chi connectivity index (χ0v) is 34.8. The maximum absolute atomic E-state index is 13.2. The summed E-state index contributed by atoms with van der Waals surface area (Å²) in [5, 5.41) is 21.4. The van der Waals surface area contributed by atoms with E-state index in [1.165, 1.54) is 17.4 Å². The molecule has 6 aliphatic rings. The van der Waals surface area contributed by atoms with E-state index in [1.807, 2.05) is 12.1 Å². The summed E-state index contributed by atoms with van der Waals surface area (Å²) in [5.74, 6) is 0.919. The van der Waals surface area contributed by atoms with Crippen molar-refractivity contribution in [2.75, 3.05) is 55.6 Å². The van der Waals surface area contributed by atoms with Gasteiger partial charge in [0.2, 0.25) is 11.8 Å². The Morgan fingerprint density at radius 2 is 1.64 bits per heavy atom. The van der Waals surface area contributed by atoms with Gasteiger partial charge in [-0.1, -0.05) is 6.07 Å². The average molecular weight is 824 g/mol. The van der Waals surface area contributed by atoms with E-state index in [1.54, 1.807) is 17.9 Å². The van der Waals surface area contributed by atoms with Crippen LogP contribution in [-0.4, -0.2) is 104 Å². The van der Waals surface area contributed by atoms with Crippen LogP contribution in [0.4, 0.5) is 11.5 Å². The number of aromatic amines is 1. The number of piperidine rings is 2. The van der Waals surface area contributed by atoms with Gasteiger partial charge in [0.15, 0.2) is 0 Å². The van der Waals surface area contributed by atoms with Crippen molar-refractivity contribution >= 4 is 45.3 Å². The zero-order chi connectivity index (χ0) is 41.5. The molecule has 2 amide bonds. The van der Waals surface area contributed by atoms with Crippen LogP contribution >= 0.6 is 0 Å². The largest absolute Gasteiger partial charge is 0.375 e. The van der Waals surface area contributed by atoms with E-state index in [-0.39, 0.29) is 35.0 Å². The summed E-state index contributed by atoms with van der Waals surface area (Å²) in [6, 6.07) is 16.4. The SMILES string of the molecule is Cn1c(=O)n(C2CCC(=O)NC2=O)c2ccc(N3CCC(OC4CCC(CN5CCN(c6cc(-c7n[nH]c8ccc([C@]9(C#N)CC9%10CC%10)cc78)ncn6)CC5)CC4)CC3)cc21. The Morgan fingerprint density at radius 3 is 2.38 bits per heavy atom. The van der Waals surface area contributed by atoms with Crippen molar-refractivity contribution in [1.29, 1.82) is 5.26 Å². The number of H-pyrrole nitrogens is 1. The predicted molar refractivity (Wildman–Crippen MR) is 230 cm³/mol. The molecule has 3 aliphatic carbocycles. The number of aryl methyl sites for hydroxylation is 1. The maximum Gasteiger partial charge on any atom is 0.329 e. The minimum Gasteiger partial charge on any atom is -0.375 e. The van der Waals surface area contributed by atoms with Gasteiger partial charge in [0.25, 0.3) is 0 Å². The predicted octanol–water partition coefficient (Wildman–Crippen LogP) is 4.96. The van der Waals surface area contributed by atoms with E-state index in [2.05, 4.69) is 76.6 Å². The highest BCUT2D eigenvalue weighted by molar-refractivity contribution is 6.00. The summed E-state index contributed by atoms with van der Waals surface area (Å²) in [4.78, 5) is 54.3. The third-order valence-corrected chi connectivity index (χ3v) is 15.2. The number of aromatic nitrogens is 6. The van der Waals surface area contributed by atoms with Gasteiger partial charge in [-0.15, -0.1) is 0 Å². The number of imide groups is 1. The molecule has 3 aromatic heterocycles. The molecule has 61 heavy (non-hydrogen) atoms. The minimum atomic E-state index is -0.683. The van der Waals surface area contributed by atoms with Crippen molar-refractivity contribution in [2.24, 2.45) is 18.4 Å². The van der Waals surface area contributed by atoms with Crippen molar-refractivity contribution in [1.82, 2.24) is 39.5 Å². The molecule has 1 unspecified atom stereocenters. The van der Waals surface area contributed by atoms with Crippen LogP contribution in [0.15, 0.2) is 53.6 Å². The monoisotopic (exact) mass is 823 g/mol. The summed E-state index contributed by atoms with van der Waals surface area (Å²) >= 11 is 0. The maximum atomic E-state index is 13.2. The first kappa shape index (κ1) is 38.3. The fourth-order valence-corrected chi connectivity index (χ4v) is 11.2. The first-order chi connectivity index (χ1) is 29.7. The van der Waals surface area contributed by atoms with E-state index in [9.17, 15) is 19.6 Å². The van der Waals surface area contributed by atoms with Gasteiger partial charge in [-0.25, -0.2) is 14.8 Å². The van der Waals surface area contributed by atoms with Crippen LogP contribution < -0.4 is 20.8 Å². The highest BCUT2D eigenvalue weighted by Crippen LogP contribution is 2.78. The molecule has 11 rings (SSSR count). The van der Waals surface area contributed by atoms with Gasteiger partial charge in [0, 0.05) is 76.4 Å². The fraction of sp³-hybridized carbons (Fsp3) is 0.543. The molecule has 15 heteroatoms. The Balaban J connectivity index is 0.643. The molecular formula is C46H53N11O4. The molecule has 15 nitrogen and oxygen atoms in total. The number of imidazole rings is 1. The molecular weight excluding hydrogens is 771 g/mol. The zero-order valence-electron chi connectivity index (χ0n) is 34.8. The van der Waals surface area contributed by atoms with Gasteiger partial charge in [-0.3, -0.25) is 34.0 Å². The highest BCUT2D eigenvalue weighted by atomic mass is 16.5. The quantitative estimate of drug-likeness (QED) is 0.193. The summed E-state index contributed by atoms with van der Waals surface area (Å²) in [7, 11) is 1.74. The number of rotatable bonds is 9. The number of piperazine rings is 1. The second-order valence-corrected chi connectivity index (χ2v) is 18.7. The summed E-state index contributed by atoms with van der Waals surface area (Å²) in [6.07, 6.45) is 12.6. The van der Waals surface area contributed by atoms with E-state index >= 15 is 0 Å². The molecule has 0 radical (unpaired) electrons. The Hall–Kier alpha value is -5.59. The van der Waals surface area contributed by atoms with Crippen LogP contribution in [0.5, 0.6) is 0 Å². The number of carbonyl (C=O) groups excluding carboxylic acids is 2. The first-order valence-electron chi connectivity index (χ1n) is 22.4. The van der Waals surface area contributed by atoms with Gasteiger partial charge in [0.1, 0.15) is 23.9 Å². The Labute approximate surface area is 354 Å². The van der Waals surface area contributed by atoms with Gasteiger partial charge < -0.3 is 14.5 Å². The van der Waals surface area contributed by atoms with Crippen LogP contribution in [0.1, 0.15) is 82.2 Å². The van der Waals surface area contributed by atoms with Gasteiger partial charge >= 0.3 is 5.69 Å². The van der Waals surface area contributed by atoms with E-state index < -0.39 is 11.9 Å². The number of fused-ring (bicyclic) bond motifs is 2. The lowest BCUT2D eigenvalue weighted by Crippen LogP contribution is -2.48. The molecule has 6 heterocycles. The van der Waals surface area contributed by atoms with Gasteiger partial charge in [0.05, 0.1) is 45.9 Å². The molecule has 3 aliphatic heterocycles. The molecule has 5 aromatic rings. The molecule has 2 atom stereocenters. The van der Waals surface area contributed by atoms with Crippen molar-refractivity contribution in [3.05, 3.63) is 64.8 Å². The molecule has 3 saturated heterocycles. The standard InChI is InChI=1S/C46H53N11O4/c1-53-39-23-31(5-9-37(39)57(44(53)60)38-10-11-41(58)50-43(38)59)55-16-12-33(13-17-55)61-32-6-2-29(3-7-32)25-54-18-20-56(21-19-54)40-24-36(48-28-49-40)42-34-22-30(4-8-35(34)51-52-42)46(27-47)26-45(46)14-15-45/h4-5,8-9,22-24,28-29,32-33,38H,2-3,6-7,10-21,25-26H2,1H3,(H,51,52)(H,50,58,59)/t29?,32?,38?,46-/m1/s1. The summed E-state index contributed by atoms with van der Waals surface area (Å²) in [5.41, 5.74) is 5.87. The second-order valence-electron chi connectivity index (χ2n) is 18.7. The van der Waals surface area contributed by atoms with Crippen LogP contribution in [0.25, 0.3) is 33.3 Å². The van der Waals surface area contributed by atoms with E-state index in [0.29, 0.717) is 24.0 Å². The van der Waals surface area contributed by atoms with Gasteiger partial charge in [-0.05, 0) is 111 Å². The Kier molecular flexibility index (Phi) is 9.30. The van der Waals surface area contributed by atoms with Crippen molar-refractivity contribution in [3.8, 4) is 17.5 Å². The number of nitrogens with one attached hydrogen (secondary N) is 2. The normalized spacial score (nSPS) is 26.9. The van der Waals surface area contributed by atoms with Crippen molar-refractivity contribution in [3.63, 3.8) is 0 Å². The molecule has 2 aromatic carbocycles. The molecule has 2 N–H and O–H groups in total. The molecule has 6 fully saturated rings. The number of anilines is 2. The number of ether oxygens (including phenoxy) is 1. The molecule has 1 spiro atoms. The number of hydrogen-bond donors (Lipinski definition) is 2. The highest BCUT2D eigenvalue weighted by Gasteiger charge is 2.75. The molecule has 316 valence electrons. The average Bonchev–Trinajstić information content (AvgIpc) is 4.13. The third-order valence-electron chi connectivity index (χ3n) is 15.2. The summed E-state index contributed by atoms with van der Waals surface area (Å²) in [6.45, 7) is 6.78. The van der Waals surface area contributed by atoms with Crippen LogP contribution in [0.2, 0.25) is 0 Å².